The van der Waals surface area contributed by atoms with Gasteiger partial charge in [-0.2, -0.15) is 0 Å². The molecule has 0 spiro atoms. The average molecular weight is 231 g/mol. The number of rotatable bonds is 2. The molecule has 0 radical (unpaired) electrons. The zero-order valence-corrected chi connectivity index (χ0v) is 9.24. The van der Waals surface area contributed by atoms with Gasteiger partial charge in [-0.05, 0) is 25.0 Å². The molecule has 1 aromatic heterocycles. The molecule has 1 aliphatic rings. The van der Waals surface area contributed by atoms with Crippen molar-refractivity contribution >= 4 is 28.7 Å². The number of thiophene rings is 1. The summed E-state index contributed by atoms with van der Waals surface area (Å²) in [5.74, 6) is 0.365. The number of ether oxygens (including phenoxy) is 1. The van der Waals surface area contributed by atoms with Gasteiger partial charge < -0.3 is 4.74 Å². The Balaban J connectivity index is 2.07. The van der Waals surface area contributed by atoms with Crippen molar-refractivity contribution < 1.29 is 9.53 Å². The van der Waals surface area contributed by atoms with Crippen LogP contribution in [0.2, 0.25) is 4.34 Å². The summed E-state index contributed by atoms with van der Waals surface area (Å²) < 4.78 is 5.90. The van der Waals surface area contributed by atoms with Gasteiger partial charge in [0.15, 0.2) is 5.78 Å². The molecule has 1 fully saturated rings. The number of halogens is 1. The quantitative estimate of drug-likeness (QED) is 0.731. The highest BCUT2D eigenvalue weighted by atomic mass is 35.5. The Bertz CT molecular complexity index is 329. The number of carbonyl (C=O) groups is 1. The first kappa shape index (κ1) is 10.1. The summed E-state index contributed by atoms with van der Waals surface area (Å²) in [7, 11) is 0. The lowest BCUT2D eigenvalue weighted by molar-refractivity contribution is 0.0547. The van der Waals surface area contributed by atoms with Crippen LogP contribution in [0, 0.1) is 5.92 Å². The Labute approximate surface area is 91.8 Å². The molecule has 1 aromatic rings. The van der Waals surface area contributed by atoms with Gasteiger partial charge >= 0.3 is 0 Å². The van der Waals surface area contributed by atoms with Crippen molar-refractivity contribution in [3.05, 3.63) is 21.3 Å². The van der Waals surface area contributed by atoms with Crippen molar-refractivity contribution in [1.82, 2.24) is 0 Å². The average Bonchev–Trinajstić information content (AvgIpc) is 2.65. The third kappa shape index (κ3) is 2.16. The molecular weight excluding hydrogens is 220 g/mol. The van der Waals surface area contributed by atoms with E-state index >= 15 is 0 Å². The lowest BCUT2D eigenvalue weighted by Gasteiger charge is -2.19. The van der Waals surface area contributed by atoms with Crippen LogP contribution >= 0.6 is 22.9 Å². The fraction of sp³-hybridized carbons (Fsp3) is 0.500. The second-order valence-corrected chi connectivity index (χ2v) is 5.07. The molecule has 0 amide bonds. The Hall–Kier alpha value is -0.380. The summed E-state index contributed by atoms with van der Waals surface area (Å²) in [5.41, 5.74) is 0. The normalized spacial score (nSPS) is 18.4. The van der Waals surface area contributed by atoms with E-state index in [4.69, 9.17) is 16.3 Å². The van der Waals surface area contributed by atoms with Crippen LogP contribution in [-0.4, -0.2) is 19.0 Å². The van der Waals surface area contributed by atoms with E-state index in [-0.39, 0.29) is 11.7 Å². The third-order valence-corrected chi connectivity index (χ3v) is 3.65. The predicted molar refractivity (Wildman–Crippen MR) is 57.2 cm³/mol. The molecule has 0 saturated carbocycles. The van der Waals surface area contributed by atoms with Crippen molar-refractivity contribution in [2.75, 3.05) is 13.2 Å². The van der Waals surface area contributed by atoms with Crippen LogP contribution in [0.4, 0.5) is 0 Å². The lowest BCUT2D eigenvalue weighted by atomic mass is 9.94. The molecule has 2 heterocycles. The molecule has 2 nitrogen and oxygen atoms in total. The summed E-state index contributed by atoms with van der Waals surface area (Å²) >= 11 is 7.15. The lowest BCUT2D eigenvalue weighted by Crippen LogP contribution is -2.22. The summed E-state index contributed by atoms with van der Waals surface area (Å²) in [6.45, 7) is 1.41. The molecule has 14 heavy (non-hydrogen) atoms. The third-order valence-electron chi connectivity index (χ3n) is 2.41. The van der Waals surface area contributed by atoms with Crippen molar-refractivity contribution in [1.29, 1.82) is 0 Å². The number of hydrogen-bond acceptors (Lipinski definition) is 3. The van der Waals surface area contributed by atoms with Gasteiger partial charge in [-0.15, -0.1) is 11.3 Å². The number of hydrogen-bond donors (Lipinski definition) is 0. The Morgan fingerprint density at radius 3 is 2.71 bits per heavy atom. The van der Waals surface area contributed by atoms with E-state index in [1.165, 1.54) is 11.3 Å². The van der Waals surface area contributed by atoms with Crippen LogP contribution < -0.4 is 0 Å². The molecule has 4 heteroatoms. The van der Waals surface area contributed by atoms with E-state index < -0.39 is 0 Å². The molecule has 0 atom stereocenters. The van der Waals surface area contributed by atoms with Crippen LogP contribution in [0.3, 0.4) is 0 Å². The van der Waals surface area contributed by atoms with Crippen LogP contribution in [0.5, 0.6) is 0 Å². The molecule has 0 N–H and O–H groups in total. The molecule has 0 bridgehead atoms. The summed E-state index contributed by atoms with van der Waals surface area (Å²) in [4.78, 5) is 12.7. The SMILES string of the molecule is O=C(c1ccc(Cl)s1)C1CCOCC1. The first-order chi connectivity index (χ1) is 6.77. The number of carbonyl (C=O) groups excluding carboxylic acids is 1. The predicted octanol–water partition coefficient (Wildman–Crippen LogP) is 3.01. The van der Waals surface area contributed by atoms with Crippen LogP contribution in [0.15, 0.2) is 12.1 Å². The van der Waals surface area contributed by atoms with E-state index in [2.05, 4.69) is 0 Å². The minimum atomic E-state index is 0.137. The second kappa shape index (κ2) is 4.43. The standard InChI is InChI=1S/C10H11ClO2S/c11-9-2-1-8(14-9)10(12)7-3-5-13-6-4-7/h1-2,7H,3-6H2. The molecule has 1 aliphatic heterocycles. The fourth-order valence-corrected chi connectivity index (χ4v) is 2.67. The Kier molecular flexibility index (Phi) is 3.21. The monoisotopic (exact) mass is 230 g/mol. The molecule has 0 aliphatic carbocycles. The molecule has 76 valence electrons. The van der Waals surface area contributed by atoms with Gasteiger partial charge in [0, 0.05) is 19.1 Å². The van der Waals surface area contributed by atoms with Gasteiger partial charge in [-0.25, -0.2) is 0 Å². The highest BCUT2D eigenvalue weighted by Crippen LogP contribution is 2.27. The van der Waals surface area contributed by atoms with Gasteiger partial charge in [0.1, 0.15) is 0 Å². The highest BCUT2D eigenvalue weighted by molar-refractivity contribution is 7.18. The fourth-order valence-electron chi connectivity index (χ4n) is 1.61. The minimum Gasteiger partial charge on any atom is -0.381 e. The first-order valence-corrected chi connectivity index (χ1v) is 5.84. The van der Waals surface area contributed by atoms with Gasteiger partial charge in [0.05, 0.1) is 9.21 Å². The van der Waals surface area contributed by atoms with E-state index in [1.54, 1.807) is 6.07 Å². The molecule has 1 saturated heterocycles. The zero-order chi connectivity index (χ0) is 9.97. The van der Waals surface area contributed by atoms with Gasteiger partial charge in [0.25, 0.3) is 0 Å². The number of Topliss-reactive ketones (excluding diaryl/α,β-unsaturated/α-hetero) is 1. The maximum atomic E-state index is 11.9. The minimum absolute atomic E-state index is 0.137. The van der Waals surface area contributed by atoms with Crippen molar-refractivity contribution in [3.8, 4) is 0 Å². The highest BCUT2D eigenvalue weighted by Gasteiger charge is 2.23. The Morgan fingerprint density at radius 2 is 2.14 bits per heavy atom. The summed E-state index contributed by atoms with van der Waals surface area (Å²) in [6, 6.07) is 3.59. The van der Waals surface area contributed by atoms with Gasteiger partial charge in [0.2, 0.25) is 0 Å². The summed E-state index contributed by atoms with van der Waals surface area (Å²) in [5, 5.41) is 0. The smallest absolute Gasteiger partial charge is 0.176 e. The molecule has 0 unspecified atom stereocenters. The van der Waals surface area contributed by atoms with Crippen molar-refractivity contribution in [2.24, 2.45) is 5.92 Å². The van der Waals surface area contributed by atoms with Crippen LogP contribution in [0.25, 0.3) is 0 Å². The van der Waals surface area contributed by atoms with E-state index in [0.717, 1.165) is 17.7 Å². The van der Waals surface area contributed by atoms with Crippen LogP contribution in [0.1, 0.15) is 22.5 Å². The van der Waals surface area contributed by atoms with E-state index in [9.17, 15) is 4.79 Å². The maximum Gasteiger partial charge on any atom is 0.176 e. The largest absolute Gasteiger partial charge is 0.381 e. The second-order valence-electron chi connectivity index (χ2n) is 3.35. The van der Waals surface area contributed by atoms with E-state index in [0.29, 0.717) is 17.6 Å². The first-order valence-electron chi connectivity index (χ1n) is 4.64. The van der Waals surface area contributed by atoms with Crippen molar-refractivity contribution in [2.45, 2.75) is 12.8 Å². The maximum absolute atomic E-state index is 11.9. The molecule has 2 rings (SSSR count). The zero-order valence-electron chi connectivity index (χ0n) is 7.66. The number of ketones is 1. The summed E-state index contributed by atoms with van der Waals surface area (Å²) in [6.07, 6.45) is 1.68. The Morgan fingerprint density at radius 1 is 1.43 bits per heavy atom. The topological polar surface area (TPSA) is 26.3 Å². The van der Waals surface area contributed by atoms with Crippen LogP contribution in [-0.2, 0) is 4.74 Å². The van der Waals surface area contributed by atoms with E-state index in [1.807, 2.05) is 6.07 Å². The van der Waals surface area contributed by atoms with Gasteiger partial charge in [-0.1, -0.05) is 11.6 Å². The van der Waals surface area contributed by atoms with Crippen molar-refractivity contribution in [3.63, 3.8) is 0 Å². The van der Waals surface area contributed by atoms with Gasteiger partial charge in [-0.3, -0.25) is 4.79 Å². The molecule has 0 aromatic carbocycles. The molecular formula is C10H11ClO2S.